The van der Waals surface area contributed by atoms with Gasteiger partial charge in [-0.05, 0) is 50.1 Å². The fourth-order valence-corrected chi connectivity index (χ4v) is 3.81. The molecule has 3 N–H and O–H groups in total. The summed E-state index contributed by atoms with van der Waals surface area (Å²) in [4.78, 5) is 18.6. The average molecular weight is 451 g/mol. The van der Waals surface area contributed by atoms with E-state index in [0.717, 1.165) is 5.69 Å². The van der Waals surface area contributed by atoms with Gasteiger partial charge in [0.05, 0.1) is 12.6 Å². The number of benzene rings is 2. The molecule has 5 rings (SSSR count). The number of carbonyl (C=O) groups excluding carboxylic acids is 1. The normalized spacial score (nSPS) is 14.3. The van der Waals surface area contributed by atoms with E-state index in [1.54, 1.807) is 42.6 Å². The number of pyridine rings is 1. The van der Waals surface area contributed by atoms with Crippen LogP contribution in [0.15, 0.2) is 42.6 Å². The largest absolute Gasteiger partial charge is 0.493 e. The number of nitrogens with one attached hydrogen (secondary N) is 1. The number of ether oxygens (including phenoxy) is 4. The zero-order valence-electron chi connectivity index (χ0n) is 18.1. The van der Waals surface area contributed by atoms with Crippen molar-refractivity contribution in [2.45, 2.75) is 25.4 Å². The Bertz CT molecular complexity index is 1380. The second-order valence-corrected chi connectivity index (χ2v) is 8.12. The van der Waals surface area contributed by atoms with Gasteiger partial charge < -0.3 is 29.7 Å². The Kier molecular flexibility index (Phi) is 4.96. The number of aromatic amines is 1. The molecular weight excluding hydrogens is 429 g/mol. The Hall–Kier alpha value is -4.01. The number of carbonyl (C=O) groups is 1. The van der Waals surface area contributed by atoms with Gasteiger partial charge in [-0.15, -0.1) is 0 Å². The molecule has 2 aromatic carbocycles. The van der Waals surface area contributed by atoms with E-state index in [4.69, 9.17) is 24.7 Å². The van der Waals surface area contributed by atoms with Gasteiger partial charge in [0.25, 0.3) is 0 Å². The monoisotopic (exact) mass is 451 g/mol. The maximum atomic E-state index is 15.0. The van der Waals surface area contributed by atoms with Crippen LogP contribution in [0.4, 0.5) is 9.18 Å². The van der Waals surface area contributed by atoms with Gasteiger partial charge in [-0.25, -0.2) is 9.18 Å². The molecule has 0 unspecified atom stereocenters. The van der Waals surface area contributed by atoms with E-state index in [0.29, 0.717) is 51.9 Å². The predicted molar refractivity (Wildman–Crippen MR) is 119 cm³/mol. The van der Waals surface area contributed by atoms with E-state index in [9.17, 15) is 4.79 Å². The molecule has 170 valence electrons. The first kappa shape index (κ1) is 20.9. The zero-order chi connectivity index (χ0) is 23.2. The third-order valence-electron chi connectivity index (χ3n) is 5.66. The van der Waals surface area contributed by atoms with Crippen LogP contribution in [0.3, 0.4) is 0 Å². The highest BCUT2D eigenvalue weighted by atomic mass is 19.1. The number of fused-ring (bicyclic) bond motifs is 2. The van der Waals surface area contributed by atoms with E-state index in [1.807, 2.05) is 6.92 Å². The van der Waals surface area contributed by atoms with Crippen LogP contribution < -0.4 is 19.9 Å². The molecule has 4 aromatic rings. The van der Waals surface area contributed by atoms with Crippen molar-refractivity contribution in [1.29, 1.82) is 0 Å². The molecule has 1 aliphatic carbocycles. The number of aryl methyl sites for hydroxylation is 1. The van der Waals surface area contributed by atoms with Gasteiger partial charge in [0.1, 0.15) is 18.0 Å². The summed E-state index contributed by atoms with van der Waals surface area (Å²) in [5.41, 5.74) is 6.59. The molecule has 1 amide bonds. The summed E-state index contributed by atoms with van der Waals surface area (Å²) in [6.45, 7) is 2.02. The van der Waals surface area contributed by atoms with E-state index < -0.39 is 17.5 Å². The fourth-order valence-electron chi connectivity index (χ4n) is 3.81. The molecule has 0 saturated heterocycles. The number of methoxy groups -OCH3 is 1. The molecule has 2 aromatic heterocycles. The Morgan fingerprint density at radius 3 is 2.67 bits per heavy atom. The van der Waals surface area contributed by atoms with Gasteiger partial charge >= 0.3 is 6.09 Å². The van der Waals surface area contributed by atoms with Crippen LogP contribution >= 0.6 is 0 Å². The summed E-state index contributed by atoms with van der Waals surface area (Å²) in [5, 5.41) is 1.09. The lowest BCUT2D eigenvalue weighted by Gasteiger charge is -2.18. The topological polar surface area (TPSA) is 109 Å². The van der Waals surface area contributed by atoms with Crippen LogP contribution in [0.2, 0.25) is 0 Å². The number of hydrogen-bond donors (Lipinski definition) is 2. The van der Waals surface area contributed by atoms with E-state index in [-0.39, 0.29) is 12.4 Å². The van der Waals surface area contributed by atoms with Gasteiger partial charge in [-0.3, -0.25) is 4.98 Å². The van der Waals surface area contributed by atoms with Gasteiger partial charge in [-0.1, -0.05) is 0 Å². The second kappa shape index (κ2) is 7.84. The SMILES string of the molecule is COc1cc2c(Oc3ccc4[nH]c(C)cc4c3F)ccnc2cc1OCC1(OC(N)=O)CC1. The summed E-state index contributed by atoms with van der Waals surface area (Å²) in [5.74, 6) is 0.952. The number of H-pyrrole nitrogens is 1. The third-order valence-corrected chi connectivity index (χ3v) is 5.66. The quantitative estimate of drug-likeness (QED) is 0.411. The lowest BCUT2D eigenvalue weighted by molar-refractivity contribution is 0.0538. The predicted octanol–water partition coefficient (Wildman–Crippen LogP) is 4.97. The van der Waals surface area contributed by atoms with Crippen LogP contribution in [-0.2, 0) is 4.74 Å². The molecular formula is C24H22FN3O5. The van der Waals surface area contributed by atoms with Crippen molar-refractivity contribution in [2.75, 3.05) is 13.7 Å². The van der Waals surface area contributed by atoms with Gasteiger partial charge in [-0.2, -0.15) is 0 Å². The highest BCUT2D eigenvalue weighted by Gasteiger charge is 2.48. The average Bonchev–Trinajstić information content (AvgIpc) is 3.43. The number of aromatic nitrogens is 2. The Labute approximate surface area is 188 Å². The van der Waals surface area contributed by atoms with Crippen LogP contribution in [0, 0.1) is 12.7 Å². The number of halogens is 1. The van der Waals surface area contributed by atoms with Crippen molar-refractivity contribution < 1.29 is 28.1 Å². The molecule has 0 radical (unpaired) electrons. The molecule has 33 heavy (non-hydrogen) atoms. The number of hydrogen-bond acceptors (Lipinski definition) is 6. The molecule has 0 atom stereocenters. The van der Waals surface area contributed by atoms with Crippen LogP contribution in [0.5, 0.6) is 23.0 Å². The Balaban J connectivity index is 1.46. The standard InChI is InChI=1S/C24H22FN3O5/c1-13-9-15-16(28-13)3-4-19(22(15)25)32-18-5-8-27-17-11-21(20(30-2)10-14(17)18)31-12-24(6-7-24)33-23(26)29/h3-5,8-11,28H,6-7,12H2,1-2H3,(H2,26,29). The molecule has 0 spiro atoms. The molecule has 1 aliphatic rings. The maximum Gasteiger partial charge on any atom is 0.405 e. The van der Waals surface area contributed by atoms with Crippen molar-refractivity contribution >= 4 is 27.9 Å². The van der Waals surface area contributed by atoms with E-state index in [1.165, 1.54) is 7.11 Å². The molecule has 0 aliphatic heterocycles. The minimum absolute atomic E-state index is 0.104. The summed E-state index contributed by atoms with van der Waals surface area (Å²) >= 11 is 0. The van der Waals surface area contributed by atoms with E-state index in [2.05, 4.69) is 9.97 Å². The van der Waals surface area contributed by atoms with Gasteiger partial charge in [0.2, 0.25) is 0 Å². The van der Waals surface area contributed by atoms with Crippen LogP contribution in [-0.4, -0.2) is 35.4 Å². The third kappa shape index (κ3) is 3.97. The first-order valence-corrected chi connectivity index (χ1v) is 10.4. The van der Waals surface area contributed by atoms with Crippen LogP contribution in [0.1, 0.15) is 18.5 Å². The summed E-state index contributed by atoms with van der Waals surface area (Å²) < 4.78 is 37.5. The van der Waals surface area contributed by atoms with Gasteiger partial charge in [0, 0.05) is 34.2 Å². The molecule has 1 fully saturated rings. The minimum Gasteiger partial charge on any atom is -0.493 e. The lowest BCUT2D eigenvalue weighted by Crippen LogP contribution is -2.29. The number of rotatable bonds is 7. The first-order valence-electron chi connectivity index (χ1n) is 10.4. The first-order chi connectivity index (χ1) is 15.9. The highest BCUT2D eigenvalue weighted by Crippen LogP contribution is 2.42. The number of primary amides is 1. The van der Waals surface area contributed by atoms with E-state index >= 15 is 4.39 Å². The lowest BCUT2D eigenvalue weighted by atomic mass is 10.1. The Morgan fingerprint density at radius 2 is 1.94 bits per heavy atom. The smallest absolute Gasteiger partial charge is 0.405 e. The number of nitrogens with zero attached hydrogens (tertiary/aromatic N) is 1. The molecule has 8 nitrogen and oxygen atoms in total. The minimum atomic E-state index is -0.828. The van der Waals surface area contributed by atoms with Crippen molar-refractivity contribution in [3.8, 4) is 23.0 Å². The molecule has 9 heteroatoms. The highest BCUT2D eigenvalue weighted by molar-refractivity contribution is 5.89. The van der Waals surface area contributed by atoms with Crippen molar-refractivity contribution in [3.05, 3.63) is 54.1 Å². The molecule has 0 bridgehead atoms. The van der Waals surface area contributed by atoms with Gasteiger partial charge in [0.15, 0.2) is 23.1 Å². The van der Waals surface area contributed by atoms with Crippen molar-refractivity contribution in [1.82, 2.24) is 9.97 Å². The second-order valence-electron chi connectivity index (χ2n) is 8.12. The fraction of sp³-hybridized carbons (Fsp3) is 0.250. The zero-order valence-corrected chi connectivity index (χ0v) is 18.1. The summed E-state index contributed by atoms with van der Waals surface area (Å²) in [6, 6.07) is 10.2. The van der Waals surface area contributed by atoms with Crippen LogP contribution in [0.25, 0.3) is 21.8 Å². The maximum absolute atomic E-state index is 15.0. The number of amides is 1. The van der Waals surface area contributed by atoms with Crippen molar-refractivity contribution in [2.24, 2.45) is 5.73 Å². The summed E-state index contributed by atoms with van der Waals surface area (Å²) in [6.07, 6.45) is 2.10. The molecule has 2 heterocycles. The summed E-state index contributed by atoms with van der Waals surface area (Å²) in [7, 11) is 1.51. The Morgan fingerprint density at radius 1 is 1.12 bits per heavy atom. The number of nitrogens with two attached hydrogens (primary N) is 1. The molecule has 1 saturated carbocycles. The van der Waals surface area contributed by atoms with Crippen molar-refractivity contribution in [3.63, 3.8) is 0 Å².